The van der Waals surface area contributed by atoms with Crippen LogP contribution in [-0.2, 0) is 13.6 Å². The number of carbonyl (C=O) groups excluding carboxylic acids is 1. The number of para-hydroxylation sites is 2. The Labute approximate surface area is 217 Å². The molecular weight excluding hydrogens is 519 g/mol. The number of aromatic nitrogens is 3. The van der Waals surface area contributed by atoms with Gasteiger partial charge in [-0.25, -0.2) is 9.37 Å². The van der Waals surface area contributed by atoms with Crippen molar-refractivity contribution in [1.29, 1.82) is 0 Å². The molecule has 5 nitrogen and oxygen atoms in total. The molecule has 5 aromatic rings. The molecule has 7 heteroatoms. The lowest BCUT2D eigenvalue weighted by Crippen LogP contribution is -2.38. The number of halogens is 2. The Morgan fingerprint density at radius 2 is 1.83 bits per heavy atom. The third-order valence-corrected chi connectivity index (χ3v) is 7.88. The van der Waals surface area contributed by atoms with Gasteiger partial charge in [-0.2, -0.15) is 0 Å². The molecule has 0 atom stereocenters. The Balaban J connectivity index is 1.24. The second-order valence-electron chi connectivity index (χ2n) is 9.56. The predicted molar refractivity (Wildman–Crippen MR) is 144 cm³/mol. The van der Waals surface area contributed by atoms with Crippen LogP contribution >= 0.6 is 15.9 Å². The molecule has 1 saturated heterocycles. The summed E-state index contributed by atoms with van der Waals surface area (Å²) in [6, 6.07) is 20.8. The number of imidazole rings is 1. The van der Waals surface area contributed by atoms with E-state index >= 15 is 0 Å². The standard InChI is InChI=1S/C29H26BrFN4O/c1-33-18-24(30)23-10-9-21(16-27(23)33)29(36)34-13-11-20(12-14-34)28-32-25-7-2-3-8-26(25)35(28)17-19-5-4-6-22(31)15-19/h2-10,15-16,18,20H,11-14,17H2,1H3. The maximum Gasteiger partial charge on any atom is 0.253 e. The van der Waals surface area contributed by atoms with Crippen molar-refractivity contribution in [2.75, 3.05) is 13.1 Å². The number of rotatable bonds is 4. The summed E-state index contributed by atoms with van der Waals surface area (Å²) in [5.41, 5.74) is 4.66. The Hall–Kier alpha value is -3.45. The number of benzene rings is 3. The molecule has 1 aliphatic rings. The molecule has 0 radical (unpaired) electrons. The number of nitrogens with zero attached hydrogens (tertiary/aromatic N) is 4. The van der Waals surface area contributed by atoms with Crippen molar-refractivity contribution < 1.29 is 9.18 Å². The van der Waals surface area contributed by atoms with Crippen LogP contribution < -0.4 is 0 Å². The summed E-state index contributed by atoms with van der Waals surface area (Å²) in [5.74, 6) is 1.09. The number of hydrogen-bond donors (Lipinski definition) is 0. The maximum absolute atomic E-state index is 13.9. The van der Waals surface area contributed by atoms with Crippen LogP contribution in [0.4, 0.5) is 4.39 Å². The highest BCUT2D eigenvalue weighted by Crippen LogP contribution is 2.32. The van der Waals surface area contributed by atoms with Crippen molar-refractivity contribution >= 4 is 43.8 Å². The lowest BCUT2D eigenvalue weighted by molar-refractivity contribution is 0.0710. The van der Waals surface area contributed by atoms with Gasteiger partial charge in [0.2, 0.25) is 0 Å². The first-order chi connectivity index (χ1) is 17.5. The van der Waals surface area contributed by atoms with E-state index in [1.54, 1.807) is 12.1 Å². The van der Waals surface area contributed by atoms with Crippen molar-refractivity contribution in [2.45, 2.75) is 25.3 Å². The number of hydrogen-bond acceptors (Lipinski definition) is 2. The van der Waals surface area contributed by atoms with Crippen LogP contribution in [0.2, 0.25) is 0 Å². The summed E-state index contributed by atoms with van der Waals surface area (Å²) in [6.45, 7) is 1.93. The van der Waals surface area contributed by atoms with Gasteiger partial charge in [0.1, 0.15) is 11.6 Å². The van der Waals surface area contributed by atoms with Gasteiger partial charge in [-0.1, -0.05) is 30.3 Å². The number of fused-ring (bicyclic) bond motifs is 2. The molecule has 0 N–H and O–H groups in total. The fraction of sp³-hybridized carbons (Fsp3) is 0.241. The average molecular weight is 545 g/mol. The third kappa shape index (κ3) is 4.11. The SMILES string of the molecule is Cn1cc(Br)c2ccc(C(=O)N3CCC(c4nc5ccccc5n4Cc4cccc(F)c4)CC3)cc21. The van der Waals surface area contributed by atoms with E-state index in [9.17, 15) is 9.18 Å². The molecule has 0 unspecified atom stereocenters. The summed E-state index contributed by atoms with van der Waals surface area (Å²) in [6.07, 6.45) is 3.70. The molecule has 36 heavy (non-hydrogen) atoms. The first-order valence-electron chi connectivity index (χ1n) is 12.2. The van der Waals surface area contributed by atoms with E-state index in [1.807, 2.05) is 65.2 Å². The smallest absolute Gasteiger partial charge is 0.253 e. The summed E-state index contributed by atoms with van der Waals surface area (Å²) >= 11 is 3.58. The Kier molecular flexibility index (Phi) is 5.88. The Morgan fingerprint density at radius 3 is 2.64 bits per heavy atom. The Morgan fingerprint density at radius 1 is 1.03 bits per heavy atom. The summed E-state index contributed by atoms with van der Waals surface area (Å²) in [7, 11) is 1.99. The predicted octanol–water partition coefficient (Wildman–Crippen LogP) is 6.50. The molecule has 182 valence electrons. The van der Waals surface area contributed by atoms with E-state index in [-0.39, 0.29) is 17.6 Å². The number of piperidine rings is 1. The van der Waals surface area contributed by atoms with Gasteiger partial charge in [0, 0.05) is 59.7 Å². The molecule has 1 fully saturated rings. The fourth-order valence-corrected chi connectivity index (χ4v) is 6.02. The molecule has 3 aromatic carbocycles. The van der Waals surface area contributed by atoms with Gasteiger partial charge in [-0.3, -0.25) is 4.79 Å². The van der Waals surface area contributed by atoms with Gasteiger partial charge in [0.05, 0.1) is 11.0 Å². The lowest BCUT2D eigenvalue weighted by atomic mass is 9.95. The van der Waals surface area contributed by atoms with Crippen LogP contribution in [0.15, 0.2) is 77.4 Å². The van der Waals surface area contributed by atoms with Gasteiger partial charge >= 0.3 is 0 Å². The van der Waals surface area contributed by atoms with Crippen molar-refractivity contribution in [1.82, 2.24) is 19.0 Å². The van der Waals surface area contributed by atoms with E-state index in [0.29, 0.717) is 25.2 Å². The van der Waals surface area contributed by atoms with Crippen LogP contribution in [0.5, 0.6) is 0 Å². The zero-order valence-corrected chi connectivity index (χ0v) is 21.6. The largest absolute Gasteiger partial charge is 0.349 e. The quantitative estimate of drug-likeness (QED) is 0.259. The minimum Gasteiger partial charge on any atom is -0.349 e. The molecule has 2 aromatic heterocycles. The Bertz CT molecular complexity index is 1600. The van der Waals surface area contributed by atoms with E-state index in [2.05, 4.69) is 26.6 Å². The minimum absolute atomic E-state index is 0.0703. The summed E-state index contributed by atoms with van der Waals surface area (Å²) < 4.78 is 19.1. The second kappa shape index (κ2) is 9.21. The van der Waals surface area contributed by atoms with Gasteiger partial charge in [0.15, 0.2) is 0 Å². The van der Waals surface area contributed by atoms with E-state index < -0.39 is 0 Å². The third-order valence-electron chi connectivity index (χ3n) is 7.25. The molecule has 1 aliphatic heterocycles. The highest BCUT2D eigenvalue weighted by molar-refractivity contribution is 9.10. The monoisotopic (exact) mass is 544 g/mol. The topological polar surface area (TPSA) is 43.1 Å². The highest BCUT2D eigenvalue weighted by Gasteiger charge is 2.28. The van der Waals surface area contributed by atoms with Gasteiger partial charge in [-0.05, 0) is 70.7 Å². The maximum atomic E-state index is 13.9. The molecule has 6 rings (SSSR count). The van der Waals surface area contributed by atoms with E-state index in [4.69, 9.17) is 4.98 Å². The van der Waals surface area contributed by atoms with Crippen molar-refractivity contribution in [3.05, 3.63) is 100 Å². The van der Waals surface area contributed by atoms with Crippen LogP contribution in [0.25, 0.3) is 21.9 Å². The molecule has 3 heterocycles. The number of amides is 1. The van der Waals surface area contributed by atoms with E-state index in [0.717, 1.165) is 50.6 Å². The summed E-state index contributed by atoms with van der Waals surface area (Å²) in [4.78, 5) is 20.3. The lowest BCUT2D eigenvalue weighted by Gasteiger charge is -2.32. The fourth-order valence-electron chi connectivity index (χ4n) is 5.38. The molecule has 0 aliphatic carbocycles. The normalized spacial score (nSPS) is 14.7. The zero-order valence-electron chi connectivity index (χ0n) is 20.0. The van der Waals surface area contributed by atoms with Crippen molar-refractivity contribution in [3.63, 3.8) is 0 Å². The summed E-state index contributed by atoms with van der Waals surface area (Å²) in [5, 5.41) is 1.10. The van der Waals surface area contributed by atoms with Gasteiger partial charge in [0.25, 0.3) is 5.91 Å². The molecule has 0 spiro atoms. The molecule has 0 saturated carbocycles. The van der Waals surface area contributed by atoms with Crippen LogP contribution in [-0.4, -0.2) is 38.0 Å². The van der Waals surface area contributed by atoms with Crippen LogP contribution in [0, 0.1) is 5.82 Å². The minimum atomic E-state index is -0.230. The van der Waals surface area contributed by atoms with Gasteiger partial charge in [-0.15, -0.1) is 0 Å². The molecule has 0 bridgehead atoms. The average Bonchev–Trinajstić information content (AvgIpc) is 3.40. The van der Waals surface area contributed by atoms with E-state index in [1.165, 1.54) is 6.07 Å². The second-order valence-corrected chi connectivity index (χ2v) is 10.4. The first-order valence-corrected chi connectivity index (χ1v) is 13.0. The van der Waals surface area contributed by atoms with Crippen LogP contribution in [0.1, 0.15) is 40.5 Å². The number of likely N-dealkylation sites (tertiary alicyclic amines) is 1. The zero-order chi connectivity index (χ0) is 24.8. The number of carbonyl (C=O) groups is 1. The van der Waals surface area contributed by atoms with Gasteiger partial charge < -0.3 is 14.0 Å². The molecule has 1 amide bonds. The number of aryl methyl sites for hydroxylation is 1. The first kappa shape index (κ1) is 23.0. The van der Waals surface area contributed by atoms with Crippen LogP contribution in [0.3, 0.4) is 0 Å². The van der Waals surface area contributed by atoms with Crippen molar-refractivity contribution in [3.8, 4) is 0 Å². The highest BCUT2D eigenvalue weighted by atomic mass is 79.9. The van der Waals surface area contributed by atoms with Crippen molar-refractivity contribution in [2.24, 2.45) is 7.05 Å². The molecular formula is C29H26BrFN4O.